The van der Waals surface area contributed by atoms with Crippen molar-refractivity contribution in [2.45, 2.75) is 13.8 Å². The maximum atomic E-state index is 11.8. The molecule has 2 aromatic carbocycles. The van der Waals surface area contributed by atoms with E-state index in [-0.39, 0.29) is 11.6 Å². The van der Waals surface area contributed by atoms with Crippen molar-refractivity contribution >= 4 is 11.6 Å². The minimum absolute atomic E-state index is 0.0752. The standard InChI is InChI=1S/C13H10O.C3H6O/c14-13(11-7-3-1-4-8-11)12-9-5-2-6-10-12;1-3(2)4/h1-10H;1-2H3. The molecule has 0 unspecified atom stereocenters. The van der Waals surface area contributed by atoms with Crippen LogP contribution in [0.25, 0.3) is 0 Å². The van der Waals surface area contributed by atoms with Crippen LogP contribution in [0.2, 0.25) is 0 Å². The van der Waals surface area contributed by atoms with Crippen molar-refractivity contribution in [3.8, 4) is 0 Å². The highest BCUT2D eigenvalue weighted by molar-refractivity contribution is 6.08. The van der Waals surface area contributed by atoms with E-state index in [1.54, 1.807) is 0 Å². The molecule has 0 saturated carbocycles. The van der Waals surface area contributed by atoms with Gasteiger partial charge in [-0.05, 0) is 13.8 Å². The smallest absolute Gasteiger partial charge is 0.193 e. The van der Waals surface area contributed by atoms with Crippen LogP contribution in [-0.4, -0.2) is 11.6 Å². The molecule has 0 saturated heterocycles. The van der Waals surface area contributed by atoms with Crippen LogP contribution in [-0.2, 0) is 4.79 Å². The Balaban J connectivity index is 0.000000357. The molecule has 0 N–H and O–H groups in total. The van der Waals surface area contributed by atoms with Crippen LogP contribution in [0.4, 0.5) is 0 Å². The van der Waals surface area contributed by atoms with E-state index in [4.69, 9.17) is 0 Å². The molecule has 0 radical (unpaired) electrons. The zero-order chi connectivity index (χ0) is 13.4. The van der Waals surface area contributed by atoms with E-state index in [2.05, 4.69) is 0 Å². The van der Waals surface area contributed by atoms with E-state index >= 15 is 0 Å². The number of benzene rings is 2. The summed E-state index contributed by atoms with van der Waals surface area (Å²) in [5.41, 5.74) is 1.47. The molecule has 0 aliphatic rings. The first-order chi connectivity index (χ1) is 8.61. The summed E-state index contributed by atoms with van der Waals surface area (Å²) in [6.45, 7) is 3.06. The minimum Gasteiger partial charge on any atom is -0.300 e. The van der Waals surface area contributed by atoms with Crippen LogP contribution in [0.1, 0.15) is 29.8 Å². The number of ketones is 2. The van der Waals surface area contributed by atoms with Gasteiger partial charge in [0, 0.05) is 11.1 Å². The van der Waals surface area contributed by atoms with Crippen molar-refractivity contribution in [1.29, 1.82) is 0 Å². The maximum Gasteiger partial charge on any atom is 0.193 e. The fourth-order valence-electron chi connectivity index (χ4n) is 1.35. The van der Waals surface area contributed by atoms with E-state index in [0.29, 0.717) is 0 Å². The van der Waals surface area contributed by atoms with Crippen LogP contribution in [0, 0.1) is 0 Å². The fraction of sp³-hybridized carbons (Fsp3) is 0.125. The van der Waals surface area contributed by atoms with Crippen molar-refractivity contribution in [1.82, 2.24) is 0 Å². The molecule has 92 valence electrons. The summed E-state index contributed by atoms with van der Waals surface area (Å²) in [6.07, 6.45) is 0. The molecular weight excluding hydrogens is 224 g/mol. The largest absolute Gasteiger partial charge is 0.300 e. The third-order valence-electron chi connectivity index (χ3n) is 2.07. The second kappa shape index (κ2) is 7.17. The molecule has 0 fully saturated rings. The summed E-state index contributed by atoms with van der Waals surface area (Å²) in [5, 5.41) is 0. The van der Waals surface area contributed by atoms with Gasteiger partial charge < -0.3 is 4.79 Å². The van der Waals surface area contributed by atoms with E-state index in [1.165, 1.54) is 13.8 Å². The van der Waals surface area contributed by atoms with Crippen molar-refractivity contribution < 1.29 is 9.59 Å². The van der Waals surface area contributed by atoms with Crippen molar-refractivity contribution in [3.05, 3.63) is 71.8 Å². The van der Waals surface area contributed by atoms with E-state index in [9.17, 15) is 9.59 Å². The summed E-state index contributed by atoms with van der Waals surface area (Å²) in [6, 6.07) is 18.6. The summed E-state index contributed by atoms with van der Waals surface area (Å²) in [5.74, 6) is 0.242. The van der Waals surface area contributed by atoms with Gasteiger partial charge in [0.2, 0.25) is 0 Å². The predicted molar refractivity (Wildman–Crippen MR) is 72.7 cm³/mol. The average Bonchev–Trinajstić information content (AvgIpc) is 2.39. The number of Topliss-reactive ketones (excluding diaryl/α,β-unsaturated/α-hetero) is 1. The normalized spacial score (nSPS) is 9.00. The molecule has 2 nitrogen and oxygen atoms in total. The van der Waals surface area contributed by atoms with Gasteiger partial charge in [0.15, 0.2) is 5.78 Å². The molecule has 2 aromatic rings. The Morgan fingerprint density at radius 2 is 0.944 bits per heavy atom. The van der Waals surface area contributed by atoms with E-state index in [0.717, 1.165) is 11.1 Å². The topological polar surface area (TPSA) is 34.1 Å². The molecule has 2 rings (SSSR count). The van der Waals surface area contributed by atoms with Gasteiger partial charge in [-0.3, -0.25) is 4.79 Å². The lowest BCUT2D eigenvalue weighted by atomic mass is 10.0. The third-order valence-corrected chi connectivity index (χ3v) is 2.07. The highest BCUT2D eigenvalue weighted by Gasteiger charge is 2.06. The molecule has 2 heteroatoms. The summed E-state index contributed by atoms with van der Waals surface area (Å²) in [4.78, 5) is 21.3. The molecule has 0 amide bonds. The molecule has 0 aliphatic heterocycles. The number of hydrogen-bond donors (Lipinski definition) is 0. The Morgan fingerprint density at radius 1 is 0.667 bits per heavy atom. The van der Waals surface area contributed by atoms with E-state index in [1.807, 2.05) is 60.7 Å². The van der Waals surface area contributed by atoms with E-state index < -0.39 is 0 Å². The Bertz CT molecular complexity index is 456. The molecule has 0 aliphatic carbocycles. The molecule has 0 aromatic heterocycles. The van der Waals surface area contributed by atoms with Crippen LogP contribution in [0.3, 0.4) is 0 Å². The Labute approximate surface area is 107 Å². The lowest BCUT2D eigenvalue weighted by Gasteiger charge is -1.99. The minimum atomic E-state index is 0.0752. The number of carbonyl (C=O) groups is 2. The monoisotopic (exact) mass is 240 g/mol. The van der Waals surface area contributed by atoms with Gasteiger partial charge >= 0.3 is 0 Å². The summed E-state index contributed by atoms with van der Waals surface area (Å²) >= 11 is 0. The summed E-state index contributed by atoms with van der Waals surface area (Å²) < 4.78 is 0. The first kappa shape index (κ1) is 13.8. The van der Waals surface area contributed by atoms with Crippen LogP contribution >= 0.6 is 0 Å². The zero-order valence-corrected chi connectivity index (χ0v) is 10.6. The quantitative estimate of drug-likeness (QED) is 0.753. The second-order valence-corrected chi connectivity index (χ2v) is 3.97. The Hall–Kier alpha value is -2.22. The van der Waals surface area contributed by atoms with Crippen molar-refractivity contribution in [3.63, 3.8) is 0 Å². The van der Waals surface area contributed by atoms with Gasteiger partial charge in [0.1, 0.15) is 5.78 Å². The SMILES string of the molecule is CC(C)=O.O=C(c1ccccc1)c1ccccc1. The van der Waals surface area contributed by atoms with Gasteiger partial charge in [-0.25, -0.2) is 0 Å². The van der Waals surface area contributed by atoms with Crippen molar-refractivity contribution in [2.24, 2.45) is 0 Å². The van der Waals surface area contributed by atoms with Gasteiger partial charge in [0.25, 0.3) is 0 Å². The number of carbonyl (C=O) groups excluding carboxylic acids is 2. The van der Waals surface area contributed by atoms with Gasteiger partial charge in [-0.1, -0.05) is 60.7 Å². The predicted octanol–water partition coefficient (Wildman–Crippen LogP) is 3.51. The van der Waals surface area contributed by atoms with Crippen LogP contribution < -0.4 is 0 Å². The second-order valence-electron chi connectivity index (χ2n) is 3.97. The Kier molecular flexibility index (Phi) is 5.52. The fourth-order valence-corrected chi connectivity index (χ4v) is 1.35. The molecule has 0 heterocycles. The summed E-state index contributed by atoms with van der Waals surface area (Å²) in [7, 11) is 0. The molecular formula is C16H16O2. The first-order valence-electron chi connectivity index (χ1n) is 5.73. The maximum absolute atomic E-state index is 11.8. The van der Waals surface area contributed by atoms with Crippen LogP contribution in [0.5, 0.6) is 0 Å². The lowest BCUT2D eigenvalue weighted by molar-refractivity contribution is -0.114. The molecule has 0 spiro atoms. The Morgan fingerprint density at radius 3 is 1.22 bits per heavy atom. The van der Waals surface area contributed by atoms with Gasteiger partial charge in [-0.15, -0.1) is 0 Å². The highest BCUT2D eigenvalue weighted by atomic mass is 16.1. The van der Waals surface area contributed by atoms with Crippen molar-refractivity contribution in [2.75, 3.05) is 0 Å². The first-order valence-corrected chi connectivity index (χ1v) is 5.73. The van der Waals surface area contributed by atoms with Gasteiger partial charge in [0.05, 0.1) is 0 Å². The molecule has 18 heavy (non-hydrogen) atoms. The van der Waals surface area contributed by atoms with Gasteiger partial charge in [-0.2, -0.15) is 0 Å². The molecule has 0 atom stereocenters. The highest BCUT2D eigenvalue weighted by Crippen LogP contribution is 2.08. The molecule has 0 bridgehead atoms. The lowest BCUT2D eigenvalue weighted by Crippen LogP contribution is -1.99. The average molecular weight is 240 g/mol. The third kappa shape index (κ3) is 4.74. The van der Waals surface area contributed by atoms with Crippen LogP contribution in [0.15, 0.2) is 60.7 Å². The number of rotatable bonds is 2. The number of hydrogen-bond acceptors (Lipinski definition) is 2. The zero-order valence-electron chi connectivity index (χ0n) is 10.6.